The monoisotopic (exact) mass is 399 g/mol. The molecule has 2 aromatic carbocycles. The van der Waals surface area contributed by atoms with Gasteiger partial charge >= 0.3 is 11.8 Å². The zero-order valence-electron chi connectivity index (χ0n) is 16.1. The van der Waals surface area contributed by atoms with Crippen molar-refractivity contribution in [3.63, 3.8) is 0 Å². The van der Waals surface area contributed by atoms with Crippen molar-refractivity contribution >= 4 is 34.8 Å². The van der Waals surface area contributed by atoms with E-state index in [2.05, 4.69) is 39.8 Å². The van der Waals surface area contributed by atoms with Crippen molar-refractivity contribution in [1.29, 1.82) is 0 Å². The molecule has 0 aliphatic carbocycles. The fraction of sp³-hybridized carbons (Fsp3) is 0.364. The maximum Gasteiger partial charge on any atom is 0.313 e. The molecule has 1 saturated heterocycles. The second-order valence-corrected chi connectivity index (χ2v) is 7.49. The van der Waals surface area contributed by atoms with E-state index in [1.54, 1.807) is 25.1 Å². The summed E-state index contributed by atoms with van der Waals surface area (Å²) in [6.07, 6.45) is 4.50. The van der Waals surface area contributed by atoms with E-state index in [1.807, 2.05) is 0 Å². The molecule has 2 amide bonds. The van der Waals surface area contributed by atoms with Crippen LogP contribution in [0.25, 0.3) is 0 Å². The van der Waals surface area contributed by atoms with Crippen LogP contribution in [0, 0.1) is 6.92 Å². The van der Waals surface area contributed by atoms with Crippen molar-refractivity contribution in [1.82, 2.24) is 5.32 Å². The first kappa shape index (κ1) is 20.2. The fourth-order valence-corrected chi connectivity index (χ4v) is 3.52. The highest BCUT2D eigenvalue weighted by Gasteiger charge is 2.15. The Balaban J connectivity index is 1.45. The lowest BCUT2D eigenvalue weighted by molar-refractivity contribution is -0.136. The summed E-state index contributed by atoms with van der Waals surface area (Å²) in [5.74, 6) is -1.34. The van der Waals surface area contributed by atoms with Gasteiger partial charge < -0.3 is 15.5 Å². The molecule has 1 fully saturated rings. The summed E-state index contributed by atoms with van der Waals surface area (Å²) in [6, 6.07) is 13.6. The van der Waals surface area contributed by atoms with Crippen LogP contribution in [-0.2, 0) is 16.0 Å². The first-order valence-corrected chi connectivity index (χ1v) is 10.1. The Labute approximate surface area is 171 Å². The predicted octanol–water partition coefficient (Wildman–Crippen LogP) is 3.94. The topological polar surface area (TPSA) is 61.4 Å². The molecule has 0 spiro atoms. The van der Waals surface area contributed by atoms with Crippen LogP contribution in [0.1, 0.15) is 30.4 Å². The molecule has 0 bridgehead atoms. The smallest absolute Gasteiger partial charge is 0.313 e. The van der Waals surface area contributed by atoms with Crippen molar-refractivity contribution in [2.24, 2.45) is 0 Å². The van der Waals surface area contributed by atoms with Gasteiger partial charge in [-0.1, -0.05) is 29.8 Å². The Morgan fingerprint density at radius 2 is 1.71 bits per heavy atom. The molecule has 1 aliphatic rings. The minimum Gasteiger partial charge on any atom is -0.372 e. The number of benzene rings is 2. The molecule has 0 aromatic heterocycles. The van der Waals surface area contributed by atoms with Gasteiger partial charge in [0.25, 0.3) is 0 Å². The number of nitrogens with zero attached hydrogens (tertiary/aromatic N) is 1. The number of hydrogen-bond donors (Lipinski definition) is 2. The third-order valence-corrected chi connectivity index (χ3v) is 5.49. The minimum atomic E-state index is -0.689. The van der Waals surface area contributed by atoms with E-state index in [0.717, 1.165) is 24.2 Å². The molecular weight excluding hydrogens is 374 g/mol. The number of rotatable bonds is 5. The molecule has 0 unspecified atom stereocenters. The van der Waals surface area contributed by atoms with Crippen LogP contribution >= 0.6 is 11.6 Å². The van der Waals surface area contributed by atoms with Crippen LogP contribution in [-0.4, -0.2) is 31.4 Å². The second-order valence-electron chi connectivity index (χ2n) is 7.09. The van der Waals surface area contributed by atoms with Crippen LogP contribution in [0.2, 0.25) is 5.02 Å². The summed E-state index contributed by atoms with van der Waals surface area (Å²) in [5, 5.41) is 5.82. The molecule has 0 atom stereocenters. The molecular formula is C22H26ClN3O2. The standard InChI is InChI=1S/C22H26ClN3O2/c1-16-19(23)6-5-7-20(16)25-22(28)21(27)24-13-12-17-8-10-18(11-9-17)26-14-3-2-4-15-26/h5-11H,2-4,12-15H2,1H3,(H,24,27)(H,25,28). The summed E-state index contributed by atoms with van der Waals surface area (Å²) >= 11 is 6.03. The van der Waals surface area contributed by atoms with E-state index in [1.165, 1.54) is 24.9 Å². The molecule has 28 heavy (non-hydrogen) atoms. The molecule has 1 heterocycles. The van der Waals surface area contributed by atoms with Gasteiger partial charge in [0.1, 0.15) is 0 Å². The number of piperidine rings is 1. The Morgan fingerprint density at radius 1 is 1.00 bits per heavy atom. The molecule has 0 radical (unpaired) electrons. The average molecular weight is 400 g/mol. The number of amides is 2. The average Bonchev–Trinajstić information content (AvgIpc) is 2.72. The number of carbonyl (C=O) groups excluding carboxylic acids is 2. The summed E-state index contributed by atoms with van der Waals surface area (Å²) in [5.41, 5.74) is 3.66. The van der Waals surface area contributed by atoms with Crippen molar-refractivity contribution < 1.29 is 9.59 Å². The zero-order chi connectivity index (χ0) is 19.9. The lowest BCUT2D eigenvalue weighted by atomic mass is 10.1. The SMILES string of the molecule is Cc1c(Cl)cccc1NC(=O)C(=O)NCCc1ccc(N2CCCCC2)cc1. The van der Waals surface area contributed by atoms with E-state index < -0.39 is 11.8 Å². The quantitative estimate of drug-likeness (QED) is 0.748. The van der Waals surface area contributed by atoms with Crippen LogP contribution < -0.4 is 15.5 Å². The van der Waals surface area contributed by atoms with Crippen LogP contribution in [0.3, 0.4) is 0 Å². The van der Waals surface area contributed by atoms with Gasteiger partial charge in [-0.05, 0) is 68.0 Å². The second kappa shape index (κ2) is 9.60. The third kappa shape index (κ3) is 5.26. The highest BCUT2D eigenvalue weighted by Crippen LogP contribution is 2.23. The molecule has 2 aromatic rings. The molecule has 5 nitrogen and oxygen atoms in total. The van der Waals surface area contributed by atoms with Crippen LogP contribution in [0.15, 0.2) is 42.5 Å². The third-order valence-electron chi connectivity index (χ3n) is 5.08. The maximum absolute atomic E-state index is 12.1. The Bertz CT molecular complexity index is 830. The Hall–Kier alpha value is -2.53. The fourth-order valence-electron chi connectivity index (χ4n) is 3.35. The van der Waals surface area contributed by atoms with Gasteiger partial charge in [-0.25, -0.2) is 0 Å². The molecule has 148 valence electrons. The van der Waals surface area contributed by atoms with Gasteiger partial charge in [-0.15, -0.1) is 0 Å². The summed E-state index contributed by atoms with van der Waals surface area (Å²) in [6.45, 7) is 4.44. The van der Waals surface area contributed by atoms with Gasteiger partial charge in [0, 0.05) is 36.0 Å². The first-order chi connectivity index (χ1) is 13.5. The van der Waals surface area contributed by atoms with E-state index in [0.29, 0.717) is 23.7 Å². The van der Waals surface area contributed by atoms with Crippen LogP contribution in [0.4, 0.5) is 11.4 Å². The number of carbonyl (C=O) groups is 2. The van der Waals surface area contributed by atoms with E-state index in [4.69, 9.17) is 11.6 Å². The predicted molar refractivity (Wildman–Crippen MR) is 114 cm³/mol. The van der Waals surface area contributed by atoms with Gasteiger partial charge in [0.2, 0.25) is 0 Å². The number of anilines is 2. The van der Waals surface area contributed by atoms with E-state index in [-0.39, 0.29) is 0 Å². The maximum atomic E-state index is 12.1. The minimum absolute atomic E-state index is 0.407. The van der Waals surface area contributed by atoms with Crippen molar-refractivity contribution in [2.75, 3.05) is 29.9 Å². The highest BCUT2D eigenvalue weighted by atomic mass is 35.5. The Morgan fingerprint density at radius 3 is 2.43 bits per heavy atom. The number of hydrogen-bond acceptors (Lipinski definition) is 3. The van der Waals surface area contributed by atoms with Gasteiger partial charge in [0.15, 0.2) is 0 Å². The van der Waals surface area contributed by atoms with Gasteiger partial charge in [0.05, 0.1) is 0 Å². The highest BCUT2D eigenvalue weighted by molar-refractivity contribution is 6.40. The normalized spacial score (nSPS) is 13.9. The van der Waals surface area contributed by atoms with Crippen molar-refractivity contribution in [3.05, 3.63) is 58.6 Å². The lowest BCUT2D eigenvalue weighted by Crippen LogP contribution is -2.36. The van der Waals surface area contributed by atoms with Crippen molar-refractivity contribution in [2.45, 2.75) is 32.6 Å². The summed E-state index contributed by atoms with van der Waals surface area (Å²) in [4.78, 5) is 26.5. The van der Waals surface area contributed by atoms with Gasteiger partial charge in [-0.2, -0.15) is 0 Å². The molecule has 3 rings (SSSR count). The number of halogens is 1. The molecule has 0 saturated carbocycles. The largest absolute Gasteiger partial charge is 0.372 e. The zero-order valence-corrected chi connectivity index (χ0v) is 16.9. The van der Waals surface area contributed by atoms with Crippen molar-refractivity contribution in [3.8, 4) is 0 Å². The van der Waals surface area contributed by atoms with Crippen LogP contribution in [0.5, 0.6) is 0 Å². The summed E-state index contributed by atoms with van der Waals surface area (Å²) in [7, 11) is 0. The number of nitrogens with one attached hydrogen (secondary N) is 2. The van der Waals surface area contributed by atoms with E-state index >= 15 is 0 Å². The molecule has 2 N–H and O–H groups in total. The molecule has 1 aliphatic heterocycles. The first-order valence-electron chi connectivity index (χ1n) is 9.73. The Kier molecular flexibility index (Phi) is 6.93. The summed E-state index contributed by atoms with van der Waals surface area (Å²) < 4.78 is 0. The lowest BCUT2D eigenvalue weighted by Gasteiger charge is -2.28. The van der Waals surface area contributed by atoms with Gasteiger partial charge in [-0.3, -0.25) is 9.59 Å². The van der Waals surface area contributed by atoms with E-state index in [9.17, 15) is 9.59 Å². The molecule has 6 heteroatoms.